The van der Waals surface area contributed by atoms with E-state index < -0.39 is 0 Å². The summed E-state index contributed by atoms with van der Waals surface area (Å²) >= 11 is 3.48. The normalized spacial score (nSPS) is 16.9. The average molecular weight is 429 g/mol. The number of aryl methyl sites for hydroxylation is 2. The van der Waals surface area contributed by atoms with Crippen LogP contribution in [-0.4, -0.2) is 23.9 Å². The van der Waals surface area contributed by atoms with Crippen LogP contribution in [0.15, 0.2) is 46.9 Å². The van der Waals surface area contributed by atoms with Gasteiger partial charge in [0.05, 0.1) is 6.04 Å². The van der Waals surface area contributed by atoms with Crippen LogP contribution in [0.25, 0.3) is 0 Å². The van der Waals surface area contributed by atoms with Gasteiger partial charge in [-0.3, -0.25) is 9.69 Å². The standard InChI is InChI=1S/C23H29BrN2O/c1-16-4-9-22(17(2)14-16)18(3)25-23(27)20-10-12-26(13-11-20)15-19-5-7-21(24)8-6-19/h4-9,14,18,20H,10-13,15H2,1-3H3,(H,25,27)/t18-/m1/s1. The lowest BCUT2D eigenvalue weighted by atomic mass is 9.94. The lowest BCUT2D eigenvalue weighted by molar-refractivity contribution is -0.127. The van der Waals surface area contributed by atoms with Crippen molar-refractivity contribution < 1.29 is 4.79 Å². The van der Waals surface area contributed by atoms with Gasteiger partial charge in [-0.15, -0.1) is 0 Å². The maximum atomic E-state index is 12.7. The molecule has 1 fully saturated rings. The third kappa shape index (κ3) is 5.43. The average Bonchev–Trinajstić information content (AvgIpc) is 2.64. The molecular weight excluding hydrogens is 400 g/mol. The first-order valence-corrected chi connectivity index (χ1v) is 10.6. The topological polar surface area (TPSA) is 32.3 Å². The molecule has 0 spiro atoms. The first kappa shape index (κ1) is 20.1. The Kier molecular flexibility index (Phi) is 6.72. The summed E-state index contributed by atoms with van der Waals surface area (Å²) in [6, 6.07) is 15.0. The van der Waals surface area contributed by atoms with E-state index in [1.807, 2.05) is 0 Å². The molecule has 0 saturated carbocycles. The Labute approximate surface area is 171 Å². The molecule has 0 aromatic heterocycles. The highest BCUT2D eigenvalue weighted by atomic mass is 79.9. The van der Waals surface area contributed by atoms with Crippen molar-refractivity contribution in [1.29, 1.82) is 0 Å². The van der Waals surface area contributed by atoms with E-state index in [4.69, 9.17) is 0 Å². The number of likely N-dealkylation sites (tertiary alicyclic amines) is 1. The molecule has 1 aliphatic rings. The number of hydrogen-bond acceptors (Lipinski definition) is 2. The van der Waals surface area contributed by atoms with Crippen LogP contribution in [0.3, 0.4) is 0 Å². The van der Waals surface area contributed by atoms with Gasteiger partial charge in [-0.05, 0) is 75.5 Å². The Morgan fingerprint density at radius 3 is 2.44 bits per heavy atom. The molecule has 1 N–H and O–H groups in total. The zero-order valence-electron chi connectivity index (χ0n) is 16.5. The van der Waals surface area contributed by atoms with Crippen molar-refractivity contribution in [2.45, 2.75) is 46.2 Å². The predicted molar refractivity (Wildman–Crippen MR) is 115 cm³/mol. The number of benzene rings is 2. The fourth-order valence-electron chi connectivity index (χ4n) is 3.92. The monoisotopic (exact) mass is 428 g/mol. The van der Waals surface area contributed by atoms with Crippen molar-refractivity contribution in [3.8, 4) is 0 Å². The van der Waals surface area contributed by atoms with E-state index in [0.717, 1.165) is 36.9 Å². The van der Waals surface area contributed by atoms with Gasteiger partial charge in [-0.1, -0.05) is 51.8 Å². The van der Waals surface area contributed by atoms with Crippen LogP contribution in [0.5, 0.6) is 0 Å². The van der Waals surface area contributed by atoms with Gasteiger partial charge in [-0.25, -0.2) is 0 Å². The minimum atomic E-state index is 0.0545. The summed E-state index contributed by atoms with van der Waals surface area (Å²) < 4.78 is 1.11. The first-order chi connectivity index (χ1) is 12.9. The number of carbonyl (C=O) groups excluding carboxylic acids is 1. The zero-order valence-corrected chi connectivity index (χ0v) is 18.1. The van der Waals surface area contributed by atoms with E-state index in [2.05, 4.69) is 89.4 Å². The largest absolute Gasteiger partial charge is 0.349 e. The molecule has 1 atom stereocenters. The van der Waals surface area contributed by atoms with E-state index in [9.17, 15) is 4.79 Å². The maximum Gasteiger partial charge on any atom is 0.223 e. The fraction of sp³-hybridized carbons (Fsp3) is 0.435. The van der Waals surface area contributed by atoms with Crippen molar-refractivity contribution >= 4 is 21.8 Å². The van der Waals surface area contributed by atoms with Crippen molar-refractivity contribution in [1.82, 2.24) is 10.2 Å². The molecule has 144 valence electrons. The van der Waals surface area contributed by atoms with Crippen LogP contribution >= 0.6 is 15.9 Å². The number of rotatable bonds is 5. The summed E-state index contributed by atoms with van der Waals surface area (Å²) in [5.74, 6) is 0.324. The Morgan fingerprint density at radius 2 is 1.81 bits per heavy atom. The summed E-state index contributed by atoms with van der Waals surface area (Å²) in [5, 5.41) is 3.23. The van der Waals surface area contributed by atoms with E-state index in [-0.39, 0.29) is 17.9 Å². The molecule has 1 aliphatic heterocycles. The quantitative estimate of drug-likeness (QED) is 0.713. The van der Waals surface area contributed by atoms with Gasteiger partial charge < -0.3 is 5.32 Å². The van der Waals surface area contributed by atoms with Crippen LogP contribution in [0, 0.1) is 19.8 Å². The van der Waals surface area contributed by atoms with E-state index in [1.54, 1.807) is 0 Å². The van der Waals surface area contributed by atoms with Crippen LogP contribution in [0.4, 0.5) is 0 Å². The summed E-state index contributed by atoms with van der Waals surface area (Å²) in [6.07, 6.45) is 1.87. The van der Waals surface area contributed by atoms with Gasteiger partial charge in [-0.2, -0.15) is 0 Å². The van der Waals surface area contributed by atoms with Crippen molar-refractivity contribution in [2.75, 3.05) is 13.1 Å². The Morgan fingerprint density at radius 1 is 1.15 bits per heavy atom. The third-order valence-corrected chi connectivity index (χ3v) is 6.06. The molecule has 1 saturated heterocycles. The molecular formula is C23H29BrN2O. The maximum absolute atomic E-state index is 12.7. The number of hydrogen-bond donors (Lipinski definition) is 1. The summed E-state index contributed by atoms with van der Waals surface area (Å²) in [6.45, 7) is 9.21. The highest BCUT2D eigenvalue weighted by molar-refractivity contribution is 9.10. The van der Waals surface area contributed by atoms with Gasteiger partial charge in [0.15, 0.2) is 0 Å². The molecule has 1 heterocycles. The minimum Gasteiger partial charge on any atom is -0.349 e. The number of halogens is 1. The molecule has 0 aliphatic carbocycles. The minimum absolute atomic E-state index is 0.0545. The molecule has 2 aromatic rings. The predicted octanol–water partition coefficient (Wildman–Crippen LogP) is 5.16. The van der Waals surface area contributed by atoms with Crippen LogP contribution in [-0.2, 0) is 11.3 Å². The van der Waals surface area contributed by atoms with Crippen molar-refractivity contribution in [3.05, 3.63) is 69.2 Å². The van der Waals surface area contributed by atoms with E-state index >= 15 is 0 Å². The van der Waals surface area contributed by atoms with Crippen LogP contribution in [0.1, 0.15) is 48.1 Å². The van der Waals surface area contributed by atoms with Gasteiger partial charge in [0.2, 0.25) is 5.91 Å². The summed E-state index contributed by atoms with van der Waals surface area (Å²) in [5.41, 5.74) is 5.03. The fourth-order valence-corrected chi connectivity index (χ4v) is 4.19. The van der Waals surface area contributed by atoms with E-state index in [1.165, 1.54) is 22.3 Å². The third-order valence-electron chi connectivity index (χ3n) is 5.53. The molecule has 0 unspecified atom stereocenters. The number of carbonyl (C=O) groups is 1. The molecule has 0 radical (unpaired) electrons. The smallest absolute Gasteiger partial charge is 0.223 e. The number of amides is 1. The van der Waals surface area contributed by atoms with Gasteiger partial charge in [0.25, 0.3) is 0 Å². The second kappa shape index (κ2) is 9.03. The van der Waals surface area contributed by atoms with Gasteiger partial charge in [0.1, 0.15) is 0 Å². The number of piperidine rings is 1. The van der Waals surface area contributed by atoms with Crippen LogP contribution in [0.2, 0.25) is 0 Å². The summed E-state index contributed by atoms with van der Waals surface area (Å²) in [7, 11) is 0. The Balaban J connectivity index is 1.50. The SMILES string of the molecule is Cc1ccc([C@@H](C)NC(=O)C2CCN(Cc3ccc(Br)cc3)CC2)c(C)c1. The lowest BCUT2D eigenvalue weighted by Crippen LogP contribution is -2.41. The van der Waals surface area contributed by atoms with Gasteiger partial charge >= 0.3 is 0 Å². The highest BCUT2D eigenvalue weighted by Crippen LogP contribution is 2.23. The second-order valence-corrected chi connectivity index (χ2v) is 8.68. The van der Waals surface area contributed by atoms with Crippen molar-refractivity contribution in [2.24, 2.45) is 5.92 Å². The molecule has 0 bridgehead atoms. The van der Waals surface area contributed by atoms with E-state index in [0.29, 0.717) is 0 Å². The lowest BCUT2D eigenvalue weighted by Gasteiger charge is -2.32. The second-order valence-electron chi connectivity index (χ2n) is 7.77. The van der Waals surface area contributed by atoms with Crippen LogP contribution < -0.4 is 5.32 Å². The Hall–Kier alpha value is -1.65. The molecule has 3 rings (SSSR count). The highest BCUT2D eigenvalue weighted by Gasteiger charge is 2.26. The van der Waals surface area contributed by atoms with Crippen molar-refractivity contribution in [3.63, 3.8) is 0 Å². The first-order valence-electron chi connectivity index (χ1n) is 9.76. The molecule has 27 heavy (non-hydrogen) atoms. The zero-order chi connectivity index (χ0) is 19.4. The molecule has 2 aromatic carbocycles. The summed E-state index contributed by atoms with van der Waals surface area (Å²) in [4.78, 5) is 15.2. The number of nitrogens with one attached hydrogen (secondary N) is 1. The molecule has 4 heteroatoms. The molecule has 3 nitrogen and oxygen atoms in total. The Bertz CT molecular complexity index is 779. The molecule has 1 amide bonds. The number of nitrogens with zero attached hydrogens (tertiary/aromatic N) is 1. The van der Waals surface area contributed by atoms with Gasteiger partial charge in [0, 0.05) is 16.9 Å².